The molecule has 0 saturated heterocycles. The van der Waals surface area contributed by atoms with Crippen molar-refractivity contribution in [2.45, 2.75) is 0 Å². The fourth-order valence-electron chi connectivity index (χ4n) is 0.769. The van der Waals surface area contributed by atoms with Crippen LogP contribution >= 0.6 is 15.9 Å². The van der Waals surface area contributed by atoms with Crippen LogP contribution in [0.15, 0.2) is 16.7 Å². The lowest BCUT2D eigenvalue weighted by atomic mass is 10.3. The van der Waals surface area contributed by atoms with Gasteiger partial charge in [-0.1, -0.05) is 0 Å². The Bertz CT molecular complexity index is 330. The molecule has 5 nitrogen and oxygen atoms in total. The molecule has 0 aliphatic rings. The van der Waals surface area contributed by atoms with Gasteiger partial charge >= 0.3 is 0 Å². The van der Waals surface area contributed by atoms with E-state index in [-0.39, 0.29) is 5.69 Å². The quantitative estimate of drug-likeness (QED) is 0.595. The van der Waals surface area contributed by atoms with Crippen molar-refractivity contribution in [3.05, 3.63) is 22.4 Å². The molecule has 13 heavy (non-hydrogen) atoms. The van der Waals surface area contributed by atoms with Crippen LogP contribution in [0.5, 0.6) is 0 Å². The summed E-state index contributed by atoms with van der Waals surface area (Å²) in [6.07, 6.45) is 0. The van der Waals surface area contributed by atoms with E-state index in [1.807, 2.05) is 0 Å². The summed E-state index contributed by atoms with van der Waals surface area (Å²) in [6.45, 7) is 0. The molecule has 0 spiro atoms. The maximum absolute atomic E-state index is 11.2. The van der Waals surface area contributed by atoms with Gasteiger partial charge in [-0.15, -0.1) is 0 Å². The number of hydrogen-bond donors (Lipinski definition) is 2. The Labute approximate surface area is 83.4 Å². The molecule has 0 aliphatic carbocycles. The molecular formula is C7H8BrN3O2. The van der Waals surface area contributed by atoms with Crippen LogP contribution in [-0.2, 0) is 4.84 Å². The molecule has 70 valence electrons. The maximum atomic E-state index is 11.2. The number of pyridine rings is 1. The summed E-state index contributed by atoms with van der Waals surface area (Å²) in [5.41, 5.74) is 8.09. The lowest BCUT2D eigenvalue weighted by Gasteiger charge is -2.04. The number of nitrogens with zero attached hydrogens (tertiary/aromatic N) is 1. The van der Waals surface area contributed by atoms with Crippen LogP contribution in [0.3, 0.4) is 0 Å². The normalized spacial score (nSPS) is 9.69. The average Bonchev–Trinajstić information content (AvgIpc) is 2.09. The van der Waals surface area contributed by atoms with E-state index in [1.165, 1.54) is 7.11 Å². The number of anilines is 1. The van der Waals surface area contributed by atoms with Crippen molar-refractivity contribution >= 4 is 27.5 Å². The number of halogens is 1. The topological polar surface area (TPSA) is 77.2 Å². The van der Waals surface area contributed by atoms with E-state index in [9.17, 15) is 4.79 Å². The van der Waals surface area contributed by atoms with E-state index in [0.29, 0.717) is 10.3 Å². The molecule has 1 heterocycles. The first kappa shape index (κ1) is 9.94. The summed E-state index contributed by atoms with van der Waals surface area (Å²) in [5, 5.41) is 0. The van der Waals surface area contributed by atoms with Crippen LogP contribution in [0.2, 0.25) is 0 Å². The van der Waals surface area contributed by atoms with Gasteiger partial charge in [0.2, 0.25) is 0 Å². The highest BCUT2D eigenvalue weighted by atomic mass is 79.9. The zero-order valence-corrected chi connectivity index (χ0v) is 8.46. The summed E-state index contributed by atoms with van der Waals surface area (Å²) in [4.78, 5) is 19.6. The Morgan fingerprint density at radius 3 is 3.00 bits per heavy atom. The molecule has 1 aromatic heterocycles. The zero-order valence-electron chi connectivity index (χ0n) is 6.87. The van der Waals surface area contributed by atoms with Gasteiger partial charge in [0.15, 0.2) is 5.69 Å². The number of amides is 1. The first-order valence-corrected chi connectivity index (χ1v) is 4.20. The van der Waals surface area contributed by atoms with Gasteiger partial charge in [-0.3, -0.25) is 9.63 Å². The van der Waals surface area contributed by atoms with Crippen LogP contribution in [0.1, 0.15) is 10.5 Å². The Hall–Kier alpha value is -1.14. The molecule has 0 bridgehead atoms. The van der Waals surface area contributed by atoms with E-state index in [4.69, 9.17) is 5.73 Å². The third-order valence-electron chi connectivity index (χ3n) is 1.30. The number of hydroxylamine groups is 1. The number of hydrogen-bond acceptors (Lipinski definition) is 4. The SMILES string of the molecule is CONC(=O)c1nc(Br)ccc1N. The van der Waals surface area contributed by atoms with E-state index in [1.54, 1.807) is 12.1 Å². The molecule has 1 aromatic rings. The number of nitrogens with two attached hydrogens (primary N) is 1. The highest BCUT2D eigenvalue weighted by Crippen LogP contribution is 2.13. The number of nitrogen functional groups attached to an aromatic ring is 1. The molecule has 0 fully saturated rings. The van der Waals surface area contributed by atoms with Crippen molar-refractivity contribution in [3.63, 3.8) is 0 Å². The average molecular weight is 246 g/mol. The van der Waals surface area contributed by atoms with Crippen molar-refractivity contribution < 1.29 is 9.63 Å². The Balaban J connectivity index is 2.99. The van der Waals surface area contributed by atoms with Crippen molar-refractivity contribution in [1.29, 1.82) is 0 Å². The largest absolute Gasteiger partial charge is 0.397 e. The molecule has 0 atom stereocenters. The van der Waals surface area contributed by atoms with Gasteiger partial charge < -0.3 is 5.73 Å². The third kappa shape index (κ3) is 2.40. The fourth-order valence-corrected chi connectivity index (χ4v) is 1.08. The standard InChI is InChI=1S/C7H8BrN3O2/c1-13-11-7(12)6-4(9)2-3-5(8)10-6/h2-3H,9H2,1H3,(H,11,12). The van der Waals surface area contributed by atoms with Gasteiger partial charge in [-0.2, -0.15) is 0 Å². The number of carbonyl (C=O) groups is 1. The second-order valence-corrected chi connectivity index (χ2v) is 3.02. The van der Waals surface area contributed by atoms with Gasteiger partial charge in [-0.05, 0) is 28.1 Å². The highest BCUT2D eigenvalue weighted by Gasteiger charge is 2.10. The second kappa shape index (κ2) is 4.20. The van der Waals surface area contributed by atoms with Crippen molar-refractivity contribution in [3.8, 4) is 0 Å². The smallest absolute Gasteiger partial charge is 0.295 e. The van der Waals surface area contributed by atoms with E-state index < -0.39 is 5.91 Å². The summed E-state index contributed by atoms with van der Waals surface area (Å²) < 4.78 is 0.544. The van der Waals surface area contributed by atoms with Gasteiger partial charge in [0, 0.05) is 0 Å². The first-order valence-electron chi connectivity index (χ1n) is 3.40. The summed E-state index contributed by atoms with van der Waals surface area (Å²) in [6, 6.07) is 3.24. The molecule has 0 aromatic carbocycles. The van der Waals surface area contributed by atoms with Crippen LogP contribution in [0.4, 0.5) is 5.69 Å². The van der Waals surface area contributed by atoms with E-state index >= 15 is 0 Å². The predicted molar refractivity (Wildman–Crippen MR) is 50.8 cm³/mol. The highest BCUT2D eigenvalue weighted by molar-refractivity contribution is 9.10. The predicted octanol–water partition coefficient (Wildman–Crippen LogP) is 0.718. The van der Waals surface area contributed by atoms with Crippen molar-refractivity contribution in [2.75, 3.05) is 12.8 Å². The molecule has 0 radical (unpaired) electrons. The molecule has 1 rings (SSSR count). The Morgan fingerprint density at radius 2 is 2.38 bits per heavy atom. The zero-order chi connectivity index (χ0) is 9.84. The van der Waals surface area contributed by atoms with Gasteiger partial charge in [0.25, 0.3) is 5.91 Å². The molecule has 0 unspecified atom stereocenters. The monoisotopic (exact) mass is 245 g/mol. The van der Waals surface area contributed by atoms with Crippen LogP contribution in [0, 0.1) is 0 Å². The fraction of sp³-hybridized carbons (Fsp3) is 0.143. The van der Waals surface area contributed by atoms with Crippen LogP contribution in [-0.4, -0.2) is 18.0 Å². The number of nitrogens with one attached hydrogen (secondary N) is 1. The minimum absolute atomic E-state index is 0.135. The van der Waals surface area contributed by atoms with Gasteiger partial charge in [0.05, 0.1) is 12.8 Å². The second-order valence-electron chi connectivity index (χ2n) is 2.21. The van der Waals surface area contributed by atoms with Crippen molar-refractivity contribution in [2.24, 2.45) is 0 Å². The summed E-state index contributed by atoms with van der Waals surface area (Å²) in [5.74, 6) is -0.471. The van der Waals surface area contributed by atoms with Gasteiger partial charge in [0.1, 0.15) is 4.60 Å². The first-order chi connectivity index (χ1) is 6.15. The number of aromatic nitrogens is 1. The van der Waals surface area contributed by atoms with E-state index in [2.05, 4.69) is 31.2 Å². The number of carbonyl (C=O) groups excluding carboxylic acids is 1. The lowest BCUT2D eigenvalue weighted by molar-refractivity contribution is 0.0533. The third-order valence-corrected chi connectivity index (χ3v) is 1.74. The lowest BCUT2D eigenvalue weighted by Crippen LogP contribution is -2.24. The number of rotatable bonds is 2. The molecular weight excluding hydrogens is 238 g/mol. The molecule has 0 aliphatic heterocycles. The molecule has 6 heteroatoms. The van der Waals surface area contributed by atoms with Crippen LogP contribution in [0.25, 0.3) is 0 Å². The van der Waals surface area contributed by atoms with E-state index in [0.717, 1.165) is 0 Å². The van der Waals surface area contributed by atoms with Crippen LogP contribution < -0.4 is 11.2 Å². The van der Waals surface area contributed by atoms with Gasteiger partial charge in [-0.25, -0.2) is 10.5 Å². The minimum atomic E-state index is -0.471. The minimum Gasteiger partial charge on any atom is -0.397 e. The maximum Gasteiger partial charge on any atom is 0.295 e. The summed E-state index contributed by atoms with van der Waals surface area (Å²) in [7, 11) is 1.34. The summed E-state index contributed by atoms with van der Waals surface area (Å²) >= 11 is 3.13. The Morgan fingerprint density at radius 1 is 1.69 bits per heavy atom. The Kier molecular flexibility index (Phi) is 3.21. The molecule has 1 amide bonds. The molecule has 0 saturated carbocycles. The van der Waals surface area contributed by atoms with Crippen molar-refractivity contribution in [1.82, 2.24) is 10.5 Å². The molecule has 3 N–H and O–H groups in total.